The Hall–Kier alpha value is -3.38. The van der Waals surface area contributed by atoms with Crippen LogP contribution in [0, 0.1) is 0 Å². The first-order chi connectivity index (χ1) is 20.3. The molecule has 44 heavy (non-hydrogen) atoms. The molecule has 0 heterocycles. The number of hydrogen-bond donors (Lipinski definition) is 1. The van der Waals surface area contributed by atoms with Crippen LogP contribution in [0.2, 0.25) is 0 Å². The molecule has 6 heteroatoms. The lowest BCUT2D eigenvalue weighted by atomic mass is 9.84. The number of benzene rings is 1. The van der Waals surface area contributed by atoms with Gasteiger partial charge in [-0.25, -0.2) is 4.79 Å². The molecule has 6 nitrogen and oxygen atoms in total. The number of hydrogen-bond acceptors (Lipinski definition) is 6. The fourth-order valence-corrected chi connectivity index (χ4v) is 4.39. The number of rotatable bonds is 13. The molecule has 1 N–H and O–H groups in total. The zero-order chi connectivity index (χ0) is 33.0. The third-order valence-electron chi connectivity index (χ3n) is 6.77. The molecule has 0 radical (unpaired) electrons. The maximum atomic E-state index is 12.0. The predicted octanol–water partition coefficient (Wildman–Crippen LogP) is 9.39. The maximum absolute atomic E-state index is 12.0. The van der Waals surface area contributed by atoms with Gasteiger partial charge in [0.05, 0.1) is 6.10 Å². The predicted molar refractivity (Wildman–Crippen MR) is 185 cm³/mol. The second-order valence-electron chi connectivity index (χ2n) is 11.6. The van der Waals surface area contributed by atoms with Gasteiger partial charge in [-0.2, -0.15) is 0 Å². The first-order valence-electron chi connectivity index (χ1n) is 15.3. The van der Waals surface area contributed by atoms with Crippen LogP contribution in [0.3, 0.4) is 0 Å². The molecule has 0 saturated heterocycles. The molecule has 0 amide bonds. The lowest BCUT2D eigenvalue weighted by Gasteiger charge is -2.28. The smallest absolute Gasteiger partial charge is 0.333 e. The highest BCUT2D eigenvalue weighted by molar-refractivity contribution is 5.87. The lowest BCUT2D eigenvalue weighted by Crippen LogP contribution is -2.35. The van der Waals surface area contributed by atoms with Gasteiger partial charge in [-0.1, -0.05) is 84.1 Å². The Labute approximate surface area is 268 Å². The molecular formula is C38H60O6. The van der Waals surface area contributed by atoms with Gasteiger partial charge in [0.2, 0.25) is 0 Å². The van der Waals surface area contributed by atoms with Gasteiger partial charge in [0.1, 0.15) is 36.6 Å². The van der Waals surface area contributed by atoms with Crippen molar-refractivity contribution in [3.05, 3.63) is 90.3 Å². The Balaban J connectivity index is 0. The van der Waals surface area contributed by atoms with Crippen molar-refractivity contribution in [2.24, 2.45) is 0 Å². The van der Waals surface area contributed by atoms with E-state index in [4.69, 9.17) is 19.0 Å². The van der Waals surface area contributed by atoms with Gasteiger partial charge < -0.3 is 24.1 Å². The Morgan fingerprint density at radius 3 is 2.05 bits per heavy atom. The number of esters is 1. The largest absolute Gasteiger partial charge is 0.488 e. The Morgan fingerprint density at radius 1 is 1.02 bits per heavy atom. The molecule has 1 fully saturated rings. The first-order valence-corrected chi connectivity index (χ1v) is 15.3. The van der Waals surface area contributed by atoms with Crippen LogP contribution in [-0.4, -0.2) is 42.3 Å². The minimum Gasteiger partial charge on any atom is -0.488 e. The molecule has 4 atom stereocenters. The van der Waals surface area contributed by atoms with E-state index in [2.05, 4.69) is 45.2 Å². The van der Waals surface area contributed by atoms with Crippen molar-refractivity contribution >= 4 is 12.8 Å². The van der Waals surface area contributed by atoms with E-state index < -0.39 is 6.10 Å². The normalized spacial score (nSPS) is 18.0. The summed E-state index contributed by atoms with van der Waals surface area (Å²) >= 11 is 0. The lowest BCUT2D eigenvalue weighted by molar-refractivity contribution is -0.149. The van der Waals surface area contributed by atoms with Gasteiger partial charge >= 0.3 is 5.97 Å². The minimum atomic E-state index is -0.401. The van der Waals surface area contributed by atoms with E-state index in [9.17, 15) is 9.90 Å². The molecule has 4 unspecified atom stereocenters. The second kappa shape index (κ2) is 23.1. The van der Waals surface area contributed by atoms with Crippen LogP contribution in [0.15, 0.2) is 84.7 Å². The first kappa shape index (κ1) is 42.8. The average molecular weight is 613 g/mol. The molecule has 1 aliphatic rings. The highest BCUT2D eigenvalue weighted by atomic mass is 16.6. The number of allylic oxidation sites excluding steroid dienone is 6. The Bertz CT molecular complexity index is 1060. The zero-order valence-electron chi connectivity index (χ0n) is 27.9. The third kappa shape index (κ3) is 16.5. The monoisotopic (exact) mass is 612 g/mol. The van der Waals surface area contributed by atoms with Crippen LogP contribution in [-0.2, 0) is 24.5 Å². The molecule has 0 aliphatic heterocycles. The van der Waals surface area contributed by atoms with Crippen molar-refractivity contribution in [1.82, 2.24) is 0 Å². The number of carbonyl (C=O) groups excluding carboxylic acids is 2. The summed E-state index contributed by atoms with van der Waals surface area (Å²) in [6.45, 7) is 25.1. The van der Waals surface area contributed by atoms with Crippen LogP contribution in [0.4, 0.5) is 0 Å². The van der Waals surface area contributed by atoms with Crippen LogP contribution in [0.1, 0.15) is 107 Å². The number of carbonyl (C=O) groups is 2. The summed E-state index contributed by atoms with van der Waals surface area (Å²) in [6, 6.07) is 8.07. The SMILES string of the molecule is C.C=C(C)C.C=C(C)C(=O)OC(CC)C(CC)Oc1ccc(C(C)(C)C=C/C=C(\C=C/C)OC2CCCCC2O)cc1.C=O. The van der Waals surface area contributed by atoms with Crippen molar-refractivity contribution in [2.45, 2.75) is 131 Å². The van der Waals surface area contributed by atoms with Gasteiger partial charge in [0, 0.05) is 11.0 Å². The van der Waals surface area contributed by atoms with E-state index in [0.717, 1.165) is 49.2 Å². The molecule has 1 aromatic carbocycles. The summed E-state index contributed by atoms with van der Waals surface area (Å²) in [4.78, 5) is 20.0. The highest BCUT2D eigenvalue weighted by Gasteiger charge is 2.26. The van der Waals surface area contributed by atoms with Crippen LogP contribution >= 0.6 is 0 Å². The van der Waals surface area contributed by atoms with Gasteiger partial charge in [0.25, 0.3) is 0 Å². The molecule has 0 bridgehead atoms. The maximum Gasteiger partial charge on any atom is 0.333 e. The van der Waals surface area contributed by atoms with Crippen molar-refractivity contribution in [3.63, 3.8) is 0 Å². The number of ether oxygens (including phenoxy) is 3. The van der Waals surface area contributed by atoms with Gasteiger partial charge in [-0.05, 0) is 89.6 Å². The van der Waals surface area contributed by atoms with Gasteiger partial charge in [-0.3, -0.25) is 0 Å². The van der Waals surface area contributed by atoms with E-state index in [1.165, 1.54) is 5.57 Å². The third-order valence-corrected chi connectivity index (χ3v) is 6.77. The zero-order valence-corrected chi connectivity index (χ0v) is 27.9. The summed E-state index contributed by atoms with van der Waals surface area (Å²) in [5.74, 6) is 1.12. The minimum absolute atomic E-state index is 0. The van der Waals surface area contributed by atoms with E-state index >= 15 is 0 Å². The van der Waals surface area contributed by atoms with E-state index in [1.807, 2.05) is 77.8 Å². The summed E-state index contributed by atoms with van der Waals surface area (Å²) in [5.41, 5.74) is 2.49. The quantitative estimate of drug-likeness (QED) is 0.0786. The van der Waals surface area contributed by atoms with Crippen molar-refractivity contribution in [2.75, 3.05) is 0 Å². The summed E-state index contributed by atoms with van der Waals surface area (Å²) in [5, 5.41) is 10.3. The molecule has 1 saturated carbocycles. The number of aliphatic hydroxyl groups excluding tert-OH is 1. The van der Waals surface area contributed by atoms with Crippen LogP contribution in [0.25, 0.3) is 0 Å². The van der Waals surface area contributed by atoms with E-state index in [0.29, 0.717) is 12.0 Å². The summed E-state index contributed by atoms with van der Waals surface area (Å²) in [7, 11) is 0. The molecular weight excluding hydrogens is 552 g/mol. The molecule has 2 rings (SSSR count). The van der Waals surface area contributed by atoms with Crippen molar-refractivity contribution in [3.8, 4) is 5.75 Å². The van der Waals surface area contributed by atoms with E-state index in [-0.39, 0.29) is 37.1 Å². The molecule has 0 aromatic heterocycles. The van der Waals surface area contributed by atoms with Crippen LogP contribution < -0.4 is 4.74 Å². The Morgan fingerprint density at radius 2 is 1.57 bits per heavy atom. The average Bonchev–Trinajstić information content (AvgIpc) is 2.96. The van der Waals surface area contributed by atoms with E-state index in [1.54, 1.807) is 6.92 Å². The van der Waals surface area contributed by atoms with Gasteiger partial charge in [-0.15, -0.1) is 6.58 Å². The molecule has 0 spiro atoms. The number of aliphatic hydroxyl groups is 1. The van der Waals surface area contributed by atoms with Gasteiger partial charge in [0.15, 0.2) is 0 Å². The topological polar surface area (TPSA) is 82.1 Å². The molecule has 1 aliphatic carbocycles. The molecule has 248 valence electrons. The van der Waals surface area contributed by atoms with Crippen molar-refractivity contribution in [1.29, 1.82) is 0 Å². The fourth-order valence-electron chi connectivity index (χ4n) is 4.39. The standard InChI is InChI=1S/C32H46O5.C4H8.CH2O.CH4/c1-8-14-25(36-30-17-12-11-16-27(30)33)15-13-22-32(6,7)24-18-20-26(21-19-24)35-28(9-2)29(10-3)37-31(34)23(4)5;1-4(2)3;1-2;/h8,13-15,18-22,27-30,33H,4,9-12,16-17H2,1-3,5-7H3;1H2,2-3H3;1H2;1H4/b14-8-,22-13?,25-15+;;;. The Kier molecular flexibility index (Phi) is 22.4. The second-order valence-corrected chi connectivity index (χ2v) is 11.6. The highest BCUT2D eigenvalue weighted by Crippen LogP contribution is 2.28. The fraction of sp³-hybridized carbons (Fsp3) is 0.526. The van der Waals surface area contributed by atoms with Crippen LogP contribution in [0.5, 0.6) is 5.75 Å². The summed E-state index contributed by atoms with van der Waals surface area (Å²) < 4.78 is 17.9. The molecule has 1 aromatic rings. The van der Waals surface area contributed by atoms with Crippen molar-refractivity contribution < 1.29 is 28.9 Å². The summed E-state index contributed by atoms with van der Waals surface area (Å²) in [6.07, 6.45) is 14.1.